The van der Waals surface area contributed by atoms with Crippen LogP contribution in [0.1, 0.15) is 17.6 Å². The topological polar surface area (TPSA) is 73.2 Å². The average molecular weight is 403 g/mol. The maximum Gasteiger partial charge on any atom is 0.573 e. The Bertz CT molecular complexity index is 1100. The minimum atomic E-state index is -4.74. The normalized spacial score (nSPS) is 13.0. The van der Waals surface area contributed by atoms with Crippen LogP contribution < -0.4 is 4.74 Å². The third kappa shape index (κ3) is 4.24. The highest BCUT2D eigenvalue weighted by Gasteiger charge is 2.31. The molecular weight excluding hydrogens is 387 g/mol. The number of halogens is 3. The first-order valence-corrected chi connectivity index (χ1v) is 8.70. The Labute approximate surface area is 163 Å². The summed E-state index contributed by atoms with van der Waals surface area (Å²) in [7, 11) is 1.55. The van der Waals surface area contributed by atoms with E-state index < -0.39 is 12.5 Å². The Morgan fingerprint density at radius 1 is 1.10 bits per heavy atom. The molecule has 0 aliphatic heterocycles. The zero-order valence-electron chi connectivity index (χ0n) is 15.2. The molecule has 2 heterocycles. The highest BCUT2D eigenvalue weighted by Crippen LogP contribution is 2.28. The van der Waals surface area contributed by atoms with Gasteiger partial charge in [0, 0.05) is 36.2 Å². The van der Waals surface area contributed by atoms with Gasteiger partial charge in [-0.25, -0.2) is 0 Å². The summed E-state index contributed by atoms with van der Waals surface area (Å²) in [6.45, 7) is 0. The molecule has 0 aliphatic rings. The van der Waals surface area contributed by atoms with E-state index >= 15 is 0 Å². The molecule has 0 amide bonds. The standard InChI is InChI=1S/C20H16F3N3O3/c1-27-17(10-13-11-24-16-5-3-2-4-15(13)16)19-25-18(26-29-19)12-6-8-14(9-7-12)28-20(21,22)23/h2-9,11,17,24H,10H2,1H3. The van der Waals surface area contributed by atoms with Crippen LogP contribution in [-0.4, -0.2) is 28.6 Å². The third-order valence-electron chi connectivity index (χ3n) is 4.43. The number of ether oxygens (including phenoxy) is 2. The SMILES string of the molecule is COC(Cc1c[nH]c2ccccc12)c1nc(-c2ccc(OC(F)(F)F)cc2)no1. The molecule has 1 atom stereocenters. The van der Waals surface area contributed by atoms with Gasteiger partial charge in [0.2, 0.25) is 5.82 Å². The first kappa shape index (κ1) is 19.0. The van der Waals surface area contributed by atoms with Crippen molar-refractivity contribution in [1.82, 2.24) is 15.1 Å². The van der Waals surface area contributed by atoms with Gasteiger partial charge in [0.25, 0.3) is 5.89 Å². The molecule has 2 aromatic heterocycles. The van der Waals surface area contributed by atoms with Crippen LogP contribution in [0, 0.1) is 0 Å². The molecule has 29 heavy (non-hydrogen) atoms. The molecule has 4 aromatic rings. The largest absolute Gasteiger partial charge is 0.573 e. The Morgan fingerprint density at radius 3 is 2.59 bits per heavy atom. The molecule has 0 saturated heterocycles. The van der Waals surface area contributed by atoms with Crippen molar-refractivity contribution >= 4 is 10.9 Å². The molecule has 2 aromatic carbocycles. The van der Waals surface area contributed by atoms with Crippen LogP contribution >= 0.6 is 0 Å². The number of H-pyrrole nitrogens is 1. The van der Waals surface area contributed by atoms with Crippen molar-refractivity contribution in [3.8, 4) is 17.1 Å². The number of rotatable bonds is 6. The molecule has 9 heteroatoms. The lowest BCUT2D eigenvalue weighted by atomic mass is 10.1. The number of alkyl halides is 3. The number of fused-ring (bicyclic) bond motifs is 1. The monoisotopic (exact) mass is 403 g/mol. The summed E-state index contributed by atoms with van der Waals surface area (Å²) in [4.78, 5) is 7.55. The molecule has 0 bridgehead atoms. The van der Waals surface area contributed by atoms with Gasteiger partial charge < -0.3 is 19.0 Å². The number of nitrogens with one attached hydrogen (secondary N) is 1. The zero-order chi connectivity index (χ0) is 20.4. The summed E-state index contributed by atoms with van der Waals surface area (Å²) in [5.41, 5.74) is 2.56. The zero-order valence-corrected chi connectivity index (χ0v) is 15.2. The predicted molar refractivity (Wildman–Crippen MR) is 98.2 cm³/mol. The van der Waals surface area contributed by atoms with Crippen LogP contribution in [0.15, 0.2) is 59.3 Å². The summed E-state index contributed by atoms with van der Waals surface area (Å²) in [5.74, 6) is 0.210. The van der Waals surface area contributed by atoms with Crippen molar-refractivity contribution in [3.05, 3.63) is 66.2 Å². The predicted octanol–water partition coefficient (Wildman–Crippen LogP) is 5.05. The molecule has 0 saturated carbocycles. The molecule has 0 spiro atoms. The summed E-state index contributed by atoms with van der Waals surface area (Å²) >= 11 is 0. The quantitative estimate of drug-likeness (QED) is 0.488. The lowest BCUT2D eigenvalue weighted by Crippen LogP contribution is -2.16. The Morgan fingerprint density at radius 2 is 1.86 bits per heavy atom. The Hall–Kier alpha value is -3.33. The van der Waals surface area contributed by atoms with Gasteiger partial charge in [0.15, 0.2) is 0 Å². The number of para-hydroxylation sites is 1. The van der Waals surface area contributed by atoms with Crippen molar-refractivity contribution in [2.75, 3.05) is 7.11 Å². The number of aromatic amines is 1. The molecule has 0 fully saturated rings. The Balaban J connectivity index is 1.52. The van der Waals surface area contributed by atoms with E-state index in [1.165, 1.54) is 24.3 Å². The lowest BCUT2D eigenvalue weighted by Gasteiger charge is -2.10. The average Bonchev–Trinajstić information content (AvgIpc) is 3.33. The molecule has 150 valence electrons. The number of hydrogen-bond acceptors (Lipinski definition) is 5. The lowest BCUT2D eigenvalue weighted by molar-refractivity contribution is -0.274. The highest BCUT2D eigenvalue weighted by molar-refractivity contribution is 5.83. The molecule has 0 aliphatic carbocycles. The fourth-order valence-electron chi connectivity index (χ4n) is 3.06. The number of nitrogens with zero attached hydrogens (tertiary/aromatic N) is 2. The van der Waals surface area contributed by atoms with Crippen molar-refractivity contribution < 1.29 is 27.2 Å². The highest BCUT2D eigenvalue weighted by atomic mass is 19.4. The van der Waals surface area contributed by atoms with Gasteiger partial charge in [0.1, 0.15) is 11.9 Å². The van der Waals surface area contributed by atoms with Gasteiger partial charge in [-0.15, -0.1) is 13.2 Å². The van der Waals surface area contributed by atoms with E-state index in [2.05, 4.69) is 19.9 Å². The van der Waals surface area contributed by atoms with Crippen LogP contribution in [0.4, 0.5) is 13.2 Å². The van der Waals surface area contributed by atoms with Crippen LogP contribution in [0.25, 0.3) is 22.3 Å². The second-order valence-electron chi connectivity index (χ2n) is 6.32. The fraction of sp³-hybridized carbons (Fsp3) is 0.200. The Kier molecular flexibility index (Phi) is 4.98. The number of methoxy groups -OCH3 is 1. The second-order valence-corrected chi connectivity index (χ2v) is 6.32. The van der Waals surface area contributed by atoms with E-state index in [0.29, 0.717) is 12.0 Å². The van der Waals surface area contributed by atoms with Crippen LogP contribution in [0.3, 0.4) is 0 Å². The van der Waals surface area contributed by atoms with Gasteiger partial charge >= 0.3 is 6.36 Å². The van der Waals surface area contributed by atoms with Crippen molar-refractivity contribution in [2.45, 2.75) is 18.9 Å². The van der Waals surface area contributed by atoms with Gasteiger partial charge in [-0.2, -0.15) is 4.98 Å². The third-order valence-corrected chi connectivity index (χ3v) is 4.43. The van der Waals surface area contributed by atoms with Crippen LogP contribution in [-0.2, 0) is 11.2 Å². The van der Waals surface area contributed by atoms with E-state index in [-0.39, 0.29) is 17.5 Å². The minimum absolute atomic E-state index is 0.250. The summed E-state index contributed by atoms with van der Waals surface area (Å²) in [5, 5.41) is 4.99. The molecule has 1 N–H and O–H groups in total. The smallest absolute Gasteiger partial charge is 0.406 e. The van der Waals surface area contributed by atoms with E-state index in [1.807, 2.05) is 30.5 Å². The van der Waals surface area contributed by atoms with Gasteiger partial charge in [-0.1, -0.05) is 23.4 Å². The maximum atomic E-state index is 12.3. The summed E-state index contributed by atoms with van der Waals surface area (Å²) in [6.07, 6.45) is -2.79. The van der Waals surface area contributed by atoms with Gasteiger partial charge in [-0.3, -0.25) is 0 Å². The number of aromatic nitrogens is 3. The summed E-state index contributed by atoms with van der Waals surface area (Å²) in [6, 6.07) is 13.1. The van der Waals surface area contributed by atoms with E-state index in [0.717, 1.165) is 16.5 Å². The maximum absolute atomic E-state index is 12.3. The van der Waals surface area contributed by atoms with Gasteiger partial charge in [-0.05, 0) is 35.9 Å². The fourth-order valence-corrected chi connectivity index (χ4v) is 3.06. The second kappa shape index (κ2) is 7.59. The summed E-state index contributed by atoms with van der Waals surface area (Å²) < 4.78 is 51.5. The molecule has 4 rings (SSSR count). The van der Waals surface area contributed by atoms with Crippen molar-refractivity contribution in [2.24, 2.45) is 0 Å². The molecule has 6 nitrogen and oxygen atoms in total. The minimum Gasteiger partial charge on any atom is -0.406 e. The number of benzene rings is 2. The molecular formula is C20H16F3N3O3. The van der Waals surface area contributed by atoms with E-state index in [9.17, 15) is 13.2 Å². The number of hydrogen-bond donors (Lipinski definition) is 1. The first-order chi connectivity index (χ1) is 13.9. The first-order valence-electron chi connectivity index (χ1n) is 8.70. The van der Waals surface area contributed by atoms with Crippen LogP contribution in [0.2, 0.25) is 0 Å². The van der Waals surface area contributed by atoms with Crippen molar-refractivity contribution in [3.63, 3.8) is 0 Å². The van der Waals surface area contributed by atoms with E-state index in [4.69, 9.17) is 9.26 Å². The molecule has 1 unspecified atom stereocenters. The molecule has 0 radical (unpaired) electrons. The van der Waals surface area contributed by atoms with Crippen molar-refractivity contribution in [1.29, 1.82) is 0 Å². The van der Waals surface area contributed by atoms with Gasteiger partial charge in [0.05, 0.1) is 0 Å². The van der Waals surface area contributed by atoms with E-state index in [1.54, 1.807) is 7.11 Å². The van der Waals surface area contributed by atoms with Crippen LogP contribution in [0.5, 0.6) is 5.75 Å².